The molecule has 0 amide bonds. The first-order valence-corrected chi connectivity index (χ1v) is 8.31. The number of fused-ring (bicyclic) bond motifs is 2. The first-order valence-electron chi connectivity index (χ1n) is 8.31. The second-order valence-electron chi connectivity index (χ2n) is 6.30. The molecule has 0 atom stereocenters. The van der Waals surface area contributed by atoms with E-state index in [-0.39, 0.29) is 6.61 Å². The number of carbonyl (C=O) groups is 1. The molecule has 2 heterocycles. The first kappa shape index (κ1) is 16.1. The zero-order valence-electron chi connectivity index (χ0n) is 14.5. The number of aromatic amines is 1. The average molecular weight is 347 g/mol. The van der Waals surface area contributed by atoms with E-state index in [4.69, 9.17) is 9.15 Å². The normalized spacial score (nSPS) is 11.2. The third-order valence-corrected chi connectivity index (χ3v) is 4.69. The number of rotatable bonds is 3. The molecule has 4 rings (SSSR count). The fraction of sp³-hybridized carbons (Fsp3) is 0.143. The van der Waals surface area contributed by atoms with Gasteiger partial charge in [0.2, 0.25) is 0 Å². The summed E-state index contributed by atoms with van der Waals surface area (Å²) >= 11 is 0. The minimum absolute atomic E-state index is 0.00292. The van der Waals surface area contributed by atoms with E-state index in [0.29, 0.717) is 16.7 Å². The number of H-pyrrole nitrogens is 1. The predicted octanol–water partition coefficient (Wildman–Crippen LogP) is 4.25. The highest BCUT2D eigenvalue weighted by Gasteiger charge is 2.15. The van der Waals surface area contributed by atoms with Crippen molar-refractivity contribution in [1.82, 2.24) is 4.98 Å². The Morgan fingerprint density at radius 2 is 1.92 bits per heavy atom. The van der Waals surface area contributed by atoms with E-state index in [2.05, 4.69) is 4.98 Å². The molecule has 0 fully saturated rings. The van der Waals surface area contributed by atoms with Crippen molar-refractivity contribution in [2.45, 2.75) is 20.5 Å². The summed E-state index contributed by atoms with van der Waals surface area (Å²) < 4.78 is 10.8. The smallest absolute Gasteiger partial charge is 0.340 e. The molecule has 0 spiro atoms. The van der Waals surface area contributed by atoms with Crippen LogP contribution in [0.1, 0.15) is 27.0 Å². The number of hydrogen-bond donors (Lipinski definition) is 1. The Morgan fingerprint density at radius 3 is 2.77 bits per heavy atom. The molecular formula is C21H17NO4. The molecule has 5 heteroatoms. The zero-order valence-corrected chi connectivity index (χ0v) is 14.5. The number of esters is 1. The Balaban J connectivity index is 1.67. The largest absolute Gasteiger partial charge is 0.457 e. The van der Waals surface area contributed by atoms with Gasteiger partial charge in [-0.1, -0.05) is 30.3 Å². The highest BCUT2D eigenvalue weighted by Crippen LogP contribution is 2.24. The summed E-state index contributed by atoms with van der Waals surface area (Å²) in [6.45, 7) is 3.86. The molecular weight excluding hydrogens is 330 g/mol. The monoisotopic (exact) mass is 347 g/mol. The Hall–Kier alpha value is -3.34. The van der Waals surface area contributed by atoms with Gasteiger partial charge in [0, 0.05) is 34.1 Å². The number of aromatic nitrogens is 1. The van der Waals surface area contributed by atoms with Gasteiger partial charge in [0.1, 0.15) is 12.2 Å². The molecule has 0 bridgehead atoms. The maximum absolute atomic E-state index is 12.5. The predicted molar refractivity (Wildman–Crippen MR) is 99.4 cm³/mol. The Bertz CT molecular complexity index is 1200. The molecule has 0 aliphatic carbocycles. The third kappa shape index (κ3) is 2.67. The molecule has 130 valence electrons. The second kappa shape index (κ2) is 6.19. The minimum Gasteiger partial charge on any atom is -0.457 e. The van der Waals surface area contributed by atoms with Crippen LogP contribution in [0.3, 0.4) is 0 Å². The van der Waals surface area contributed by atoms with Gasteiger partial charge in [0.15, 0.2) is 0 Å². The number of hydrogen-bond acceptors (Lipinski definition) is 4. The lowest BCUT2D eigenvalue weighted by Crippen LogP contribution is -2.08. The van der Waals surface area contributed by atoms with Gasteiger partial charge < -0.3 is 14.1 Å². The number of ether oxygens (including phenoxy) is 1. The standard InChI is InChI=1S/C21H17NO4/c1-12-7-8-15-14(9-19(23)26-20(15)13(12)2)11-25-21(24)17-10-22-18-6-4-3-5-16(17)18/h3-10,22H,11H2,1-2H3. The first-order chi connectivity index (χ1) is 12.5. The van der Waals surface area contributed by atoms with Gasteiger partial charge >= 0.3 is 11.6 Å². The fourth-order valence-electron chi connectivity index (χ4n) is 3.11. The van der Waals surface area contributed by atoms with Crippen molar-refractivity contribution in [2.75, 3.05) is 0 Å². The third-order valence-electron chi connectivity index (χ3n) is 4.69. The van der Waals surface area contributed by atoms with Crippen LogP contribution in [0.5, 0.6) is 0 Å². The molecule has 2 aromatic heterocycles. The second-order valence-corrected chi connectivity index (χ2v) is 6.30. The molecule has 0 aliphatic rings. The fourth-order valence-corrected chi connectivity index (χ4v) is 3.11. The van der Waals surface area contributed by atoms with Crippen molar-refractivity contribution in [3.05, 3.63) is 81.3 Å². The quantitative estimate of drug-likeness (QED) is 0.444. The Kier molecular flexibility index (Phi) is 3.84. The number of aryl methyl sites for hydroxylation is 2. The van der Waals surface area contributed by atoms with Gasteiger partial charge in [0.25, 0.3) is 0 Å². The number of benzene rings is 2. The Morgan fingerprint density at radius 1 is 1.12 bits per heavy atom. The summed E-state index contributed by atoms with van der Waals surface area (Å²) in [5.74, 6) is -0.437. The molecule has 5 nitrogen and oxygen atoms in total. The van der Waals surface area contributed by atoms with Crippen molar-refractivity contribution in [3.63, 3.8) is 0 Å². The van der Waals surface area contributed by atoms with E-state index in [1.54, 1.807) is 6.20 Å². The molecule has 0 saturated carbocycles. The highest BCUT2D eigenvalue weighted by atomic mass is 16.5. The highest BCUT2D eigenvalue weighted by molar-refractivity contribution is 6.04. The van der Waals surface area contributed by atoms with Crippen LogP contribution < -0.4 is 5.63 Å². The van der Waals surface area contributed by atoms with Gasteiger partial charge in [-0.05, 0) is 31.0 Å². The molecule has 1 N–H and O–H groups in total. The summed E-state index contributed by atoms with van der Waals surface area (Å²) in [5.41, 5.74) is 4.00. The summed E-state index contributed by atoms with van der Waals surface area (Å²) in [6.07, 6.45) is 1.64. The van der Waals surface area contributed by atoms with Crippen molar-refractivity contribution in [3.8, 4) is 0 Å². The van der Waals surface area contributed by atoms with E-state index in [1.165, 1.54) is 6.07 Å². The van der Waals surface area contributed by atoms with Crippen LogP contribution in [0, 0.1) is 13.8 Å². The number of carbonyl (C=O) groups excluding carboxylic acids is 1. The van der Waals surface area contributed by atoms with Gasteiger partial charge in [-0.15, -0.1) is 0 Å². The number of para-hydroxylation sites is 1. The summed E-state index contributed by atoms with van der Waals surface area (Å²) in [6, 6.07) is 12.7. The van der Waals surface area contributed by atoms with Crippen molar-refractivity contribution in [1.29, 1.82) is 0 Å². The lowest BCUT2D eigenvalue weighted by molar-refractivity contribution is 0.0476. The van der Waals surface area contributed by atoms with Crippen LogP contribution in [0.25, 0.3) is 21.9 Å². The van der Waals surface area contributed by atoms with E-state index < -0.39 is 11.6 Å². The summed E-state index contributed by atoms with van der Waals surface area (Å²) in [4.78, 5) is 27.4. The van der Waals surface area contributed by atoms with Crippen LogP contribution >= 0.6 is 0 Å². The molecule has 26 heavy (non-hydrogen) atoms. The van der Waals surface area contributed by atoms with Crippen LogP contribution in [-0.4, -0.2) is 11.0 Å². The summed E-state index contributed by atoms with van der Waals surface area (Å²) in [7, 11) is 0. The lowest BCUT2D eigenvalue weighted by Gasteiger charge is -2.09. The SMILES string of the molecule is Cc1ccc2c(COC(=O)c3c[nH]c4ccccc34)cc(=O)oc2c1C. The molecule has 0 aliphatic heterocycles. The molecule has 0 unspecified atom stereocenters. The summed E-state index contributed by atoms with van der Waals surface area (Å²) in [5, 5.41) is 1.58. The van der Waals surface area contributed by atoms with Gasteiger partial charge in [-0.3, -0.25) is 0 Å². The van der Waals surface area contributed by atoms with Crippen molar-refractivity contribution < 1.29 is 13.9 Å². The van der Waals surface area contributed by atoms with Crippen molar-refractivity contribution >= 4 is 27.8 Å². The van der Waals surface area contributed by atoms with E-state index in [9.17, 15) is 9.59 Å². The van der Waals surface area contributed by atoms with Gasteiger partial charge in [-0.2, -0.15) is 0 Å². The van der Waals surface area contributed by atoms with Gasteiger partial charge in [0.05, 0.1) is 5.56 Å². The average Bonchev–Trinajstić information content (AvgIpc) is 3.07. The maximum Gasteiger partial charge on any atom is 0.340 e. The van der Waals surface area contributed by atoms with E-state index in [0.717, 1.165) is 27.4 Å². The molecule has 0 saturated heterocycles. The molecule has 0 radical (unpaired) electrons. The maximum atomic E-state index is 12.5. The molecule has 4 aromatic rings. The minimum atomic E-state index is -0.454. The topological polar surface area (TPSA) is 72.3 Å². The van der Waals surface area contributed by atoms with E-state index in [1.807, 2.05) is 50.2 Å². The van der Waals surface area contributed by atoms with Gasteiger partial charge in [-0.25, -0.2) is 9.59 Å². The Labute approximate surface area is 149 Å². The van der Waals surface area contributed by atoms with Crippen LogP contribution in [-0.2, 0) is 11.3 Å². The van der Waals surface area contributed by atoms with Crippen LogP contribution in [0.4, 0.5) is 0 Å². The van der Waals surface area contributed by atoms with E-state index >= 15 is 0 Å². The van der Waals surface area contributed by atoms with Crippen molar-refractivity contribution in [2.24, 2.45) is 0 Å². The lowest BCUT2D eigenvalue weighted by atomic mass is 10.0. The van der Waals surface area contributed by atoms with Crippen LogP contribution in [0.15, 0.2) is 57.9 Å². The number of nitrogens with one attached hydrogen (secondary N) is 1. The van der Waals surface area contributed by atoms with Crippen LogP contribution in [0.2, 0.25) is 0 Å². The molecule has 2 aromatic carbocycles. The zero-order chi connectivity index (χ0) is 18.3.